The zero-order valence-electron chi connectivity index (χ0n) is 7.87. The van der Waals surface area contributed by atoms with Crippen molar-refractivity contribution in [3.05, 3.63) is 11.6 Å². The molecule has 0 fully saturated rings. The molecule has 0 rings (SSSR count). The minimum atomic E-state index is -1.10. The number of ether oxygens (including phenoxy) is 1. The Bertz CT molecular complexity index is 218. The first kappa shape index (κ1) is 11.7. The molecule has 4 nitrogen and oxygen atoms in total. The Kier molecular flexibility index (Phi) is 5.59. The minimum absolute atomic E-state index is 0.0125. The SMILES string of the molecule is CCCCOC(=O)/C=C(/C)C(=O)O. The molecular formula is C9H14O4. The minimum Gasteiger partial charge on any atom is -0.478 e. The van der Waals surface area contributed by atoms with Crippen molar-refractivity contribution in [2.75, 3.05) is 6.61 Å². The summed E-state index contributed by atoms with van der Waals surface area (Å²) < 4.78 is 4.72. The molecule has 0 saturated carbocycles. The third-order valence-corrected chi connectivity index (χ3v) is 1.41. The fraction of sp³-hybridized carbons (Fsp3) is 0.556. The summed E-state index contributed by atoms with van der Waals surface area (Å²) in [4.78, 5) is 21.2. The van der Waals surface area contributed by atoms with E-state index in [2.05, 4.69) is 0 Å². The Hall–Kier alpha value is -1.32. The summed E-state index contributed by atoms with van der Waals surface area (Å²) in [5, 5.41) is 8.43. The average Bonchev–Trinajstić information content (AvgIpc) is 2.04. The second kappa shape index (κ2) is 6.22. The zero-order chi connectivity index (χ0) is 10.3. The van der Waals surface area contributed by atoms with Gasteiger partial charge < -0.3 is 9.84 Å². The summed E-state index contributed by atoms with van der Waals surface area (Å²) in [7, 11) is 0. The van der Waals surface area contributed by atoms with E-state index >= 15 is 0 Å². The van der Waals surface area contributed by atoms with Crippen LogP contribution in [-0.4, -0.2) is 23.7 Å². The molecule has 0 unspecified atom stereocenters. The van der Waals surface area contributed by atoms with Crippen molar-refractivity contribution in [3.63, 3.8) is 0 Å². The maximum absolute atomic E-state index is 10.9. The number of carboxylic acid groups (broad SMARTS) is 1. The molecule has 74 valence electrons. The molecule has 0 amide bonds. The first-order valence-corrected chi connectivity index (χ1v) is 4.16. The van der Waals surface area contributed by atoms with Crippen LogP contribution in [0.15, 0.2) is 11.6 Å². The molecule has 0 saturated heterocycles. The first-order valence-electron chi connectivity index (χ1n) is 4.16. The van der Waals surface area contributed by atoms with Crippen LogP contribution in [-0.2, 0) is 14.3 Å². The summed E-state index contributed by atoms with van der Waals surface area (Å²) >= 11 is 0. The maximum Gasteiger partial charge on any atom is 0.331 e. The molecule has 0 aliphatic carbocycles. The van der Waals surface area contributed by atoms with Gasteiger partial charge in [-0.05, 0) is 13.3 Å². The van der Waals surface area contributed by atoms with Crippen molar-refractivity contribution < 1.29 is 19.4 Å². The van der Waals surface area contributed by atoms with E-state index in [4.69, 9.17) is 9.84 Å². The quantitative estimate of drug-likeness (QED) is 0.400. The maximum atomic E-state index is 10.9. The van der Waals surface area contributed by atoms with Crippen molar-refractivity contribution in [2.45, 2.75) is 26.7 Å². The van der Waals surface area contributed by atoms with Gasteiger partial charge in [0.2, 0.25) is 0 Å². The Morgan fingerprint density at radius 2 is 2.08 bits per heavy atom. The molecule has 13 heavy (non-hydrogen) atoms. The highest BCUT2D eigenvalue weighted by atomic mass is 16.5. The van der Waals surface area contributed by atoms with E-state index in [9.17, 15) is 9.59 Å². The van der Waals surface area contributed by atoms with E-state index < -0.39 is 11.9 Å². The number of carbonyl (C=O) groups excluding carboxylic acids is 1. The Morgan fingerprint density at radius 1 is 1.46 bits per heavy atom. The molecule has 0 atom stereocenters. The molecule has 0 aliphatic rings. The third kappa shape index (κ3) is 5.90. The highest BCUT2D eigenvalue weighted by molar-refractivity contribution is 5.94. The van der Waals surface area contributed by atoms with Crippen molar-refractivity contribution in [1.82, 2.24) is 0 Å². The van der Waals surface area contributed by atoms with Crippen LogP contribution < -0.4 is 0 Å². The van der Waals surface area contributed by atoms with Crippen LogP contribution in [0.25, 0.3) is 0 Å². The number of hydrogen-bond acceptors (Lipinski definition) is 3. The first-order chi connectivity index (χ1) is 6.07. The van der Waals surface area contributed by atoms with Crippen LogP contribution in [0, 0.1) is 0 Å². The Labute approximate surface area is 77.2 Å². The lowest BCUT2D eigenvalue weighted by Gasteiger charge is -1.99. The highest BCUT2D eigenvalue weighted by Crippen LogP contribution is 1.95. The predicted molar refractivity (Wildman–Crippen MR) is 47.3 cm³/mol. The largest absolute Gasteiger partial charge is 0.478 e. The van der Waals surface area contributed by atoms with Gasteiger partial charge in [0.05, 0.1) is 6.61 Å². The molecule has 0 aliphatic heterocycles. The Balaban J connectivity index is 3.86. The van der Waals surface area contributed by atoms with Gasteiger partial charge >= 0.3 is 11.9 Å². The highest BCUT2D eigenvalue weighted by Gasteiger charge is 2.04. The third-order valence-electron chi connectivity index (χ3n) is 1.41. The number of carbonyl (C=O) groups is 2. The summed E-state index contributed by atoms with van der Waals surface area (Å²) in [5.74, 6) is -1.69. The van der Waals surface area contributed by atoms with Gasteiger partial charge in [-0.2, -0.15) is 0 Å². The average molecular weight is 186 g/mol. The second-order valence-electron chi connectivity index (χ2n) is 2.65. The molecular weight excluding hydrogens is 172 g/mol. The van der Waals surface area contributed by atoms with E-state index in [1.54, 1.807) is 0 Å². The number of esters is 1. The standard InChI is InChI=1S/C9H14O4/c1-3-4-5-13-8(10)6-7(2)9(11)12/h6H,3-5H2,1-2H3,(H,11,12)/b7-6-. The lowest BCUT2D eigenvalue weighted by atomic mass is 10.3. The van der Waals surface area contributed by atoms with Crippen molar-refractivity contribution in [2.24, 2.45) is 0 Å². The van der Waals surface area contributed by atoms with Gasteiger partial charge in [-0.1, -0.05) is 13.3 Å². The second-order valence-corrected chi connectivity index (χ2v) is 2.65. The Morgan fingerprint density at radius 3 is 2.54 bits per heavy atom. The number of unbranched alkanes of at least 4 members (excludes halogenated alkanes) is 1. The molecule has 0 spiro atoms. The molecule has 4 heteroatoms. The monoisotopic (exact) mass is 186 g/mol. The van der Waals surface area contributed by atoms with E-state index in [0.29, 0.717) is 6.61 Å². The van der Waals surface area contributed by atoms with Crippen LogP contribution in [0.4, 0.5) is 0 Å². The molecule has 0 radical (unpaired) electrons. The molecule has 0 bridgehead atoms. The number of hydrogen-bond donors (Lipinski definition) is 1. The number of carboxylic acids is 1. The van der Waals surface area contributed by atoms with Gasteiger partial charge in [0.25, 0.3) is 0 Å². The van der Waals surface area contributed by atoms with Crippen molar-refractivity contribution in [3.8, 4) is 0 Å². The van der Waals surface area contributed by atoms with Crippen LogP contribution in [0.5, 0.6) is 0 Å². The molecule has 1 N–H and O–H groups in total. The normalized spacial score (nSPS) is 11.1. The molecule has 0 aromatic heterocycles. The summed E-state index contributed by atoms with van der Waals surface area (Å²) in [6, 6.07) is 0. The summed E-state index contributed by atoms with van der Waals surface area (Å²) in [6.45, 7) is 3.67. The fourth-order valence-electron chi connectivity index (χ4n) is 0.597. The predicted octanol–water partition coefficient (Wildman–Crippen LogP) is 1.36. The van der Waals surface area contributed by atoms with Gasteiger partial charge in [0.15, 0.2) is 0 Å². The lowest BCUT2D eigenvalue weighted by Crippen LogP contribution is -2.05. The van der Waals surface area contributed by atoms with Gasteiger partial charge in [0.1, 0.15) is 0 Å². The van der Waals surface area contributed by atoms with Crippen LogP contribution in [0.2, 0.25) is 0 Å². The molecule has 0 aromatic rings. The van der Waals surface area contributed by atoms with Gasteiger partial charge in [-0.3, -0.25) is 0 Å². The van der Waals surface area contributed by atoms with E-state index in [0.717, 1.165) is 18.9 Å². The van der Waals surface area contributed by atoms with E-state index in [-0.39, 0.29) is 5.57 Å². The van der Waals surface area contributed by atoms with Gasteiger partial charge in [0, 0.05) is 11.6 Å². The van der Waals surface area contributed by atoms with Gasteiger partial charge in [-0.15, -0.1) is 0 Å². The smallest absolute Gasteiger partial charge is 0.331 e. The van der Waals surface area contributed by atoms with Crippen LogP contribution in [0.1, 0.15) is 26.7 Å². The van der Waals surface area contributed by atoms with E-state index in [1.807, 2.05) is 6.92 Å². The number of rotatable bonds is 5. The van der Waals surface area contributed by atoms with Crippen molar-refractivity contribution >= 4 is 11.9 Å². The van der Waals surface area contributed by atoms with Crippen LogP contribution in [0.3, 0.4) is 0 Å². The summed E-state index contributed by atoms with van der Waals surface area (Å²) in [5.41, 5.74) is -0.0125. The number of aliphatic carboxylic acids is 1. The summed E-state index contributed by atoms with van der Waals surface area (Å²) in [6.07, 6.45) is 2.72. The van der Waals surface area contributed by atoms with Gasteiger partial charge in [-0.25, -0.2) is 9.59 Å². The molecule has 0 aromatic carbocycles. The van der Waals surface area contributed by atoms with E-state index in [1.165, 1.54) is 6.92 Å². The zero-order valence-corrected chi connectivity index (χ0v) is 7.87. The van der Waals surface area contributed by atoms with Crippen LogP contribution >= 0.6 is 0 Å². The lowest BCUT2D eigenvalue weighted by molar-refractivity contribution is -0.139. The van der Waals surface area contributed by atoms with Crippen molar-refractivity contribution in [1.29, 1.82) is 0 Å². The fourth-order valence-corrected chi connectivity index (χ4v) is 0.597. The topological polar surface area (TPSA) is 63.6 Å². The molecule has 0 heterocycles.